The molecule has 0 radical (unpaired) electrons. The van der Waals surface area contributed by atoms with E-state index in [0.29, 0.717) is 17.2 Å². The predicted octanol–water partition coefficient (Wildman–Crippen LogP) is 3.57. The molecule has 0 saturated heterocycles. The second-order valence-corrected chi connectivity index (χ2v) is 4.58. The van der Waals surface area contributed by atoms with E-state index in [1.165, 1.54) is 18.2 Å². The molecule has 0 unspecified atom stereocenters. The molecule has 5 heteroatoms. The minimum atomic E-state index is -0.445. The third kappa shape index (κ3) is 2.60. The van der Waals surface area contributed by atoms with Gasteiger partial charge < -0.3 is 11.1 Å². The lowest BCUT2D eigenvalue weighted by atomic mass is 10.1. The van der Waals surface area contributed by atoms with Crippen LogP contribution in [0.4, 0.5) is 21.6 Å². The third-order valence-electron chi connectivity index (χ3n) is 3.08. The number of nitriles is 1. The van der Waals surface area contributed by atoms with E-state index in [4.69, 9.17) is 11.0 Å². The maximum atomic E-state index is 13.1. The first-order valence-corrected chi connectivity index (χ1v) is 6.29. The number of nitrogens with one attached hydrogen (secondary N) is 1. The first-order valence-electron chi connectivity index (χ1n) is 6.29. The van der Waals surface area contributed by atoms with Crippen molar-refractivity contribution in [3.63, 3.8) is 0 Å². The summed E-state index contributed by atoms with van der Waals surface area (Å²) in [6.45, 7) is 0. The van der Waals surface area contributed by atoms with E-state index in [2.05, 4.69) is 10.3 Å². The van der Waals surface area contributed by atoms with Gasteiger partial charge in [0, 0.05) is 11.1 Å². The number of fused-ring (bicyclic) bond motifs is 1. The van der Waals surface area contributed by atoms with Gasteiger partial charge in [-0.15, -0.1) is 0 Å². The fourth-order valence-corrected chi connectivity index (χ4v) is 2.07. The minimum absolute atomic E-state index is 0.231. The van der Waals surface area contributed by atoms with Crippen LogP contribution < -0.4 is 11.1 Å². The highest BCUT2D eigenvalue weighted by molar-refractivity contribution is 5.84. The molecule has 0 fully saturated rings. The topological polar surface area (TPSA) is 74.7 Å². The Kier molecular flexibility index (Phi) is 3.13. The van der Waals surface area contributed by atoms with Gasteiger partial charge in [0.2, 0.25) is 0 Å². The summed E-state index contributed by atoms with van der Waals surface area (Å²) in [4.78, 5) is 4.44. The van der Waals surface area contributed by atoms with Gasteiger partial charge in [0.05, 0.1) is 16.8 Å². The van der Waals surface area contributed by atoms with Crippen molar-refractivity contribution in [2.45, 2.75) is 0 Å². The van der Waals surface area contributed by atoms with Crippen molar-refractivity contribution in [3.8, 4) is 6.07 Å². The monoisotopic (exact) mass is 278 g/mol. The fraction of sp³-hybridized carbons (Fsp3) is 0. The highest BCUT2D eigenvalue weighted by Gasteiger charge is 2.05. The lowest BCUT2D eigenvalue weighted by Gasteiger charge is -2.08. The predicted molar refractivity (Wildman–Crippen MR) is 80.6 cm³/mol. The molecule has 0 aliphatic carbocycles. The Morgan fingerprint density at radius 1 is 1.10 bits per heavy atom. The zero-order chi connectivity index (χ0) is 14.8. The van der Waals surface area contributed by atoms with Crippen LogP contribution in [0.15, 0.2) is 48.5 Å². The van der Waals surface area contributed by atoms with Crippen LogP contribution in [-0.2, 0) is 0 Å². The Labute approximate surface area is 120 Å². The van der Waals surface area contributed by atoms with Crippen molar-refractivity contribution in [1.82, 2.24) is 4.98 Å². The number of aromatic nitrogens is 1. The molecule has 3 N–H and O–H groups in total. The number of benzene rings is 2. The van der Waals surface area contributed by atoms with Gasteiger partial charge in [0.25, 0.3) is 0 Å². The summed E-state index contributed by atoms with van der Waals surface area (Å²) in [6.07, 6.45) is 0. The molecule has 0 spiro atoms. The molecule has 0 saturated carbocycles. The molecule has 1 heterocycles. The van der Waals surface area contributed by atoms with Gasteiger partial charge in [-0.3, -0.25) is 0 Å². The number of nitrogen functional groups attached to an aromatic ring is 1. The van der Waals surface area contributed by atoms with E-state index in [9.17, 15) is 4.39 Å². The van der Waals surface area contributed by atoms with E-state index < -0.39 is 5.82 Å². The Hall–Kier alpha value is -3.13. The average Bonchev–Trinajstić information content (AvgIpc) is 2.49. The van der Waals surface area contributed by atoms with Gasteiger partial charge in [-0.25, -0.2) is 9.37 Å². The SMILES string of the molecule is N#Cc1cc(F)ccc1Nc1ccc2cc(N)ccc2n1. The summed E-state index contributed by atoms with van der Waals surface area (Å²) < 4.78 is 13.1. The smallest absolute Gasteiger partial charge is 0.131 e. The quantitative estimate of drug-likeness (QED) is 0.703. The summed E-state index contributed by atoms with van der Waals surface area (Å²) in [5, 5.41) is 13.0. The molecule has 0 bridgehead atoms. The number of anilines is 3. The number of rotatable bonds is 2. The van der Waals surface area contributed by atoms with Crippen LogP contribution in [0.3, 0.4) is 0 Å². The Bertz CT molecular complexity index is 868. The van der Waals surface area contributed by atoms with Crippen LogP contribution in [0.5, 0.6) is 0 Å². The zero-order valence-corrected chi connectivity index (χ0v) is 11.0. The van der Waals surface area contributed by atoms with Crippen molar-refractivity contribution in [1.29, 1.82) is 5.26 Å². The van der Waals surface area contributed by atoms with Gasteiger partial charge in [-0.1, -0.05) is 0 Å². The Morgan fingerprint density at radius 2 is 1.95 bits per heavy atom. The van der Waals surface area contributed by atoms with Crippen LogP contribution in [0, 0.1) is 17.1 Å². The van der Waals surface area contributed by atoms with Crippen molar-refractivity contribution in [2.75, 3.05) is 11.1 Å². The highest BCUT2D eigenvalue weighted by atomic mass is 19.1. The first kappa shape index (κ1) is 12.9. The van der Waals surface area contributed by atoms with Gasteiger partial charge in [-0.05, 0) is 48.5 Å². The lowest BCUT2D eigenvalue weighted by Crippen LogP contribution is -1.97. The third-order valence-corrected chi connectivity index (χ3v) is 3.08. The van der Waals surface area contributed by atoms with Crippen LogP contribution in [0.2, 0.25) is 0 Å². The summed E-state index contributed by atoms with van der Waals surface area (Å²) in [5.74, 6) is 0.134. The molecule has 3 rings (SSSR count). The molecule has 0 aliphatic rings. The van der Waals surface area contributed by atoms with Crippen LogP contribution in [0.25, 0.3) is 10.9 Å². The lowest BCUT2D eigenvalue weighted by molar-refractivity contribution is 0.627. The number of hydrogen-bond donors (Lipinski definition) is 2. The van der Waals surface area contributed by atoms with E-state index in [0.717, 1.165) is 10.9 Å². The molecule has 21 heavy (non-hydrogen) atoms. The molecule has 0 amide bonds. The molecule has 2 aromatic carbocycles. The summed E-state index contributed by atoms with van der Waals surface area (Å²) in [5.41, 5.74) is 7.93. The zero-order valence-electron chi connectivity index (χ0n) is 11.0. The second kappa shape index (κ2) is 5.10. The average molecular weight is 278 g/mol. The van der Waals surface area contributed by atoms with Gasteiger partial charge in [-0.2, -0.15) is 5.26 Å². The molecular formula is C16H11FN4. The second-order valence-electron chi connectivity index (χ2n) is 4.58. The highest BCUT2D eigenvalue weighted by Crippen LogP contribution is 2.23. The van der Waals surface area contributed by atoms with E-state index in [-0.39, 0.29) is 5.56 Å². The maximum Gasteiger partial charge on any atom is 0.131 e. The number of nitrogens with two attached hydrogens (primary N) is 1. The summed E-state index contributed by atoms with van der Waals surface area (Å²) >= 11 is 0. The number of pyridine rings is 1. The van der Waals surface area contributed by atoms with Crippen molar-refractivity contribution in [3.05, 3.63) is 59.9 Å². The van der Waals surface area contributed by atoms with E-state index in [1.807, 2.05) is 24.3 Å². The van der Waals surface area contributed by atoms with Crippen molar-refractivity contribution >= 4 is 28.1 Å². The molecule has 1 aromatic heterocycles. The minimum Gasteiger partial charge on any atom is -0.399 e. The van der Waals surface area contributed by atoms with E-state index >= 15 is 0 Å². The molecule has 3 aromatic rings. The van der Waals surface area contributed by atoms with Crippen molar-refractivity contribution in [2.24, 2.45) is 0 Å². The normalized spacial score (nSPS) is 10.3. The Morgan fingerprint density at radius 3 is 2.76 bits per heavy atom. The molecule has 4 nitrogen and oxygen atoms in total. The summed E-state index contributed by atoms with van der Waals surface area (Å²) in [6, 6.07) is 15.1. The number of hydrogen-bond acceptors (Lipinski definition) is 4. The number of halogens is 1. The van der Waals surface area contributed by atoms with Crippen LogP contribution >= 0.6 is 0 Å². The van der Waals surface area contributed by atoms with Gasteiger partial charge in [0.15, 0.2) is 0 Å². The van der Waals surface area contributed by atoms with Crippen molar-refractivity contribution < 1.29 is 4.39 Å². The van der Waals surface area contributed by atoms with E-state index in [1.54, 1.807) is 12.1 Å². The fourth-order valence-electron chi connectivity index (χ4n) is 2.07. The largest absolute Gasteiger partial charge is 0.399 e. The van der Waals surface area contributed by atoms with Gasteiger partial charge >= 0.3 is 0 Å². The number of nitrogens with zero attached hydrogens (tertiary/aromatic N) is 2. The molecule has 0 aliphatic heterocycles. The molecular weight excluding hydrogens is 267 g/mol. The first-order chi connectivity index (χ1) is 10.2. The standard InChI is InChI=1S/C16H11FN4/c17-12-2-4-15(11(7-12)9-18)21-16-6-1-10-8-13(19)3-5-14(10)20-16/h1-8H,19H2,(H,20,21). The maximum absolute atomic E-state index is 13.1. The molecule has 0 atom stereocenters. The molecule has 102 valence electrons. The summed E-state index contributed by atoms with van der Waals surface area (Å²) in [7, 11) is 0. The van der Waals surface area contributed by atoms with Crippen LogP contribution in [-0.4, -0.2) is 4.98 Å². The van der Waals surface area contributed by atoms with Crippen LogP contribution in [0.1, 0.15) is 5.56 Å². The van der Waals surface area contributed by atoms with Gasteiger partial charge in [0.1, 0.15) is 17.7 Å². The Balaban J connectivity index is 1.99.